The highest BCUT2D eigenvalue weighted by Gasteiger charge is 2.03. The summed E-state index contributed by atoms with van der Waals surface area (Å²) < 4.78 is 27.9. The molecule has 0 saturated carbocycles. The van der Waals surface area contributed by atoms with E-state index in [0.29, 0.717) is 0 Å². The van der Waals surface area contributed by atoms with Crippen molar-refractivity contribution in [1.29, 1.82) is 0 Å². The standard InChI is InChI=1S/C6H4.FH2NO2S/c1-2-6-4-3-5(1)6;1-5(2,3)4/h1-4H;(H2,2,3,4). The van der Waals surface area contributed by atoms with Crippen LogP contribution < -0.4 is 5.14 Å². The van der Waals surface area contributed by atoms with E-state index in [1.54, 1.807) is 0 Å². The minimum Gasteiger partial charge on any atom is -0.202 e. The molecular weight excluding hydrogens is 169 g/mol. The van der Waals surface area contributed by atoms with Crippen LogP contribution in [0.4, 0.5) is 3.89 Å². The van der Waals surface area contributed by atoms with Gasteiger partial charge in [0.05, 0.1) is 0 Å². The van der Waals surface area contributed by atoms with E-state index in [0.717, 1.165) is 0 Å². The average molecular weight is 175 g/mol. The third kappa shape index (κ3) is 2.65. The Morgan fingerprint density at radius 3 is 1.27 bits per heavy atom. The van der Waals surface area contributed by atoms with Gasteiger partial charge in [0.2, 0.25) is 0 Å². The zero-order valence-electron chi connectivity index (χ0n) is 5.49. The molecular formula is C6H6FNO2S. The third-order valence-corrected chi connectivity index (χ3v) is 1.22. The first-order valence-electron chi connectivity index (χ1n) is 2.79. The SMILES string of the molecule is NS(=O)(=O)F.c1cc2ccc1-2. The number of halogens is 1. The van der Waals surface area contributed by atoms with E-state index in [1.807, 2.05) is 0 Å². The van der Waals surface area contributed by atoms with E-state index in [2.05, 4.69) is 29.4 Å². The predicted octanol–water partition coefficient (Wildman–Crippen LogP) is 0.826. The molecule has 3 nitrogen and oxygen atoms in total. The molecule has 0 aromatic rings. The lowest BCUT2D eigenvalue weighted by atomic mass is 9.95. The van der Waals surface area contributed by atoms with Gasteiger partial charge in [-0.1, -0.05) is 28.2 Å². The van der Waals surface area contributed by atoms with Crippen LogP contribution >= 0.6 is 0 Å². The molecule has 2 rings (SSSR count). The van der Waals surface area contributed by atoms with Crippen LogP contribution in [0.25, 0.3) is 11.1 Å². The van der Waals surface area contributed by atoms with Crippen molar-refractivity contribution in [2.24, 2.45) is 5.14 Å². The van der Waals surface area contributed by atoms with Gasteiger partial charge in [-0.15, -0.1) is 0 Å². The zero-order chi connectivity index (χ0) is 8.48. The van der Waals surface area contributed by atoms with Gasteiger partial charge in [-0.05, 0) is 11.1 Å². The first-order chi connectivity index (χ1) is 4.97. The van der Waals surface area contributed by atoms with Gasteiger partial charge in [-0.25, -0.2) is 5.14 Å². The Morgan fingerprint density at radius 1 is 1.09 bits per heavy atom. The van der Waals surface area contributed by atoms with Crippen molar-refractivity contribution in [2.45, 2.75) is 0 Å². The van der Waals surface area contributed by atoms with Crippen LogP contribution in [0.1, 0.15) is 0 Å². The summed E-state index contributed by atoms with van der Waals surface area (Å²) in [6.45, 7) is 0. The van der Waals surface area contributed by atoms with Gasteiger partial charge in [0.25, 0.3) is 0 Å². The maximum absolute atomic E-state index is 10.4. The Morgan fingerprint density at radius 2 is 1.27 bits per heavy atom. The maximum Gasteiger partial charge on any atom is 0.369 e. The van der Waals surface area contributed by atoms with Gasteiger partial charge in [0.15, 0.2) is 0 Å². The lowest BCUT2D eigenvalue weighted by Crippen LogP contribution is -2.01. The Balaban J connectivity index is 0.000000114. The van der Waals surface area contributed by atoms with E-state index in [9.17, 15) is 3.89 Å². The van der Waals surface area contributed by atoms with Crippen molar-refractivity contribution in [2.75, 3.05) is 0 Å². The van der Waals surface area contributed by atoms with Crippen molar-refractivity contribution in [3.63, 3.8) is 0 Å². The molecule has 0 aromatic carbocycles. The fourth-order valence-electron chi connectivity index (χ4n) is 0.663. The van der Waals surface area contributed by atoms with Gasteiger partial charge in [0, 0.05) is 0 Å². The van der Waals surface area contributed by atoms with E-state index >= 15 is 0 Å². The summed E-state index contributed by atoms with van der Waals surface area (Å²) in [5, 5.41) is 3.66. The second-order valence-electron chi connectivity index (χ2n) is 2.05. The smallest absolute Gasteiger partial charge is 0.202 e. The van der Waals surface area contributed by atoms with Crippen LogP contribution in [0.15, 0.2) is 24.3 Å². The van der Waals surface area contributed by atoms with Crippen molar-refractivity contribution >= 4 is 10.4 Å². The van der Waals surface area contributed by atoms with E-state index < -0.39 is 10.4 Å². The second-order valence-corrected chi connectivity index (χ2v) is 3.00. The number of hydrogen-bond donors (Lipinski definition) is 1. The van der Waals surface area contributed by atoms with Crippen molar-refractivity contribution in [3.8, 4) is 11.1 Å². The Bertz CT molecular complexity index is 314. The van der Waals surface area contributed by atoms with Gasteiger partial charge >= 0.3 is 10.4 Å². The Kier molecular flexibility index (Phi) is 1.92. The number of hydrogen-bond acceptors (Lipinski definition) is 2. The molecule has 5 heteroatoms. The van der Waals surface area contributed by atoms with E-state index in [-0.39, 0.29) is 0 Å². The first kappa shape index (κ1) is 8.16. The van der Waals surface area contributed by atoms with Crippen molar-refractivity contribution in [3.05, 3.63) is 24.3 Å². The molecule has 2 aliphatic carbocycles. The lowest BCUT2D eigenvalue weighted by molar-refractivity contribution is 0.554. The third-order valence-electron chi connectivity index (χ3n) is 1.22. The summed E-state index contributed by atoms with van der Waals surface area (Å²) in [5.41, 5.74) is 2.85. The summed E-state index contributed by atoms with van der Waals surface area (Å²) >= 11 is 0. The molecule has 0 amide bonds. The highest BCUT2D eigenvalue weighted by molar-refractivity contribution is 7.83. The minimum atomic E-state index is -4.67. The van der Waals surface area contributed by atoms with Crippen LogP contribution in [-0.4, -0.2) is 8.42 Å². The molecule has 0 fully saturated rings. The summed E-state index contributed by atoms with van der Waals surface area (Å²) in [6.07, 6.45) is 0. The summed E-state index contributed by atoms with van der Waals surface area (Å²) in [6, 6.07) is 8.48. The molecule has 0 unspecified atom stereocenters. The van der Waals surface area contributed by atoms with Crippen LogP contribution in [-0.2, 0) is 10.4 Å². The molecule has 0 atom stereocenters. The Hall–Kier alpha value is -0.940. The van der Waals surface area contributed by atoms with Crippen LogP contribution in [0.3, 0.4) is 0 Å². The van der Waals surface area contributed by atoms with Crippen LogP contribution in [0, 0.1) is 0 Å². The summed E-state index contributed by atoms with van der Waals surface area (Å²) in [5.74, 6) is 0. The van der Waals surface area contributed by atoms with Gasteiger partial charge < -0.3 is 0 Å². The number of rotatable bonds is 0. The van der Waals surface area contributed by atoms with Crippen LogP contribution in [0.2, 0.25) is 0 Å². The second kappa shape index (κ2) is 2.60. The molecule has 0 bridgehead atoms. The summed E-state index contributed by atoms with van der Waals surface area (Å²) in [7, 11) is -4.67. The normalized spacial score (nSPS) is 11.5. The number of benzene rings is 1. The Labute approximate surface area is 64.0 Å². The monoisotopic (exact) mass is 175 g/mol. The van der Waals surface area contributed by atoms with E-state index in [4.69, 9.17) is 8.42 Å². The van der Waals surface area contributed by atoms with Crippen LogP contribution in [0.5, 0.6) is 0 Å². The number of nitrogens with two attached hydrogens (primary N) is 1. The molecule has 0 radical (unpaired) electrons. The minimum absolute atomic E-state index is 1.43. The first-order valence-corrected chi connectivity index (χ1v) is 4.24. The van der Waals surface area contributed by atoms with Gasteiger partial charge in [-0.3, -0.25) is 0 Å². The fourth-order valence-corrected chi connectivity index (χ4v) is 0.663. The van der Waals surface area contributed by atoms with Gasteiger partial charge in [-0.2, -0.15) is 8.42 Å². The number of fused-ring (bicyclic) bond motifs is 1. The highest BCUT2D eigenvalue weighted by atomic mass is 32.3. The summed E-state index contributed by atoms with van der Waals surface area (Å²) in [4.78, 5) is 0. The van der Waals surface area contributed by atoms with Gasteiger partial charge in [0.1, 0.15) is 0 Å². The molecule has 60 valence electrons. The molecule has 0 saturated heterocycles. The maximum atomic E-state index is 10.4. The molecule has 0 spiro atoms. The predicted molar refractivity (Wildman–Crippen MR) is 39.7 cm³/mol. The molecule has 2 aliphatic rings. The molecule has 11 heavy (non-hydrogen) atoms. The van der Waals surface area contributed by atoms with E-state index in [1.165, 1.54) is 11.1 Å². The lowest BCUT2D eigenvalue weighted by Gasteiger charge is -2.10. The van der Waals surface area contributed by atoms with Crippen molar-refractivity contribution in [1.82, 2.24) is 0 Å². The quantitative estimate of drug-likeness (QED) is 0.603. The molecule has 0 aliphatic heterocycles. The molecule has 2 N–H and O–H groups in total. The topological polar surface area (TPSA) is 60.2 Å². The average Bonchev–Trinajstić information content (AvgIpc) is 1.74. The highest BCUT2D eigenvalue weighted by Crippen LogP contribution is 2.29. The molecule has 0 aromatic heterocycles. The largest absolute Gasteiger partial charge is 0.369 e. The zero-order valence-corrected chi connectivity index (χ0v) is 6.31. The fraction of sp³-hybridized carbons (Fsp3) is 0. The molecule has 0 heterocycles. The van der Waals surface area contributed by atoms with Crippen molar-refractivity contribution < 1.29 is 12.3 Å².